The first-order valence-electron chi connectivity index (χ1n) is 5.80. The molecule has 1 aromatic carbocycles. The first kappa shape index (κ1) is 17.4. The first-order chi connectivity index (χ1) is 10.5. The van der Waals surface area contributed by atoms with E-state index in [-0.39, 0.29) is 22.4 Å². The van der Waals surface area contributed by atoms with Crippen LogP contribution in [0.15, 0.2) is 33.8 Å². The first-order valence-corrected chi connectivity index (χ1v) is 8.01. The summed E-state index contributed by atoms with van der Waals surface area (Å²) in [7, 11) is 0. The maximum absolute atomic E-state index is 11.6. The normalized spacial score (nSPS) is 10.9. The second kappa shape index (κ2) is 8.05. The van der Waals surface area contributed by atoms with Gasteiger partial charge in [0.05, 0.1) is 11.2 Å². The number of hydrazone groups is 1. The molecule has 0 aliphatic heterocycles. The Bertz CT molecular complexity index is 719. The van der Waals surface area contributed by atoms with Crippen LogP contribution in [0.2, 0.25) is 15.1 Å². The Morgan fingerprint density at radius 2 is 2.14 bits per heavy atom. The third-order valence-electron chi connectivity index (χ3n) is 2.29. The van der Waals surface area contributed by atoms with Crippen LogP contribution in [-0.4, -0.2) is 18.7 Å². The minimum Gasteiger partial charge on any atom is -0.482 e. The average molecular weight is 473 g/mol. The third-order valence-corrected chi connectivity index (χ3v) is 3.88. The van der Waals surface area contributed by atoms with Gasteiger partial charge in [-0.1, -0.05) is 34.8 Å². The number of carbonyl (C=O) groups excluding carboxylic acids is 1. The summed E-state index contributed by atoms with van der Waals surface area (Å²) >= 11 is 19.7. The molecular formula is C13H8Cl3IN2O3. The van der Waals surface area contributed by atoms with Crippen molar-refractivity contribution in [1.82, 2.24) is 5.43 Å². The van der Waals surface area contributed by atoms with Crippen LogP contribution in [0.5, 0.6) is 5.75 Å². The summed E-state index contributed by atoms with van der Waals surface area (Å²) in [6, 6.07) is 6.45. The number of amides is 1. The van der Waals surface area contributed by atoms with Crippen molar-refractivity contribution < 1.29 is 13.9 Å². The predicted octanol–water partition coefficient (Wildman–Crippen LogP) is 4.37. The summed E-state index contributed by atoms with van der Waals surface area (Å²) in [4.78, 5) is 11.6. The fraction of sp³-hybridized carbons (Fsp3) is 0.0769. The van der Waals surface area contributed by atoms with E-state index in [0.717, 1.165) is 3.77 Å². The van der Waals surface area contributed by atoms with Gasteiger partial charge < -0.3 is 9.15 Å². The minimum atomic E-state index is -0.468. The molecule has 0 radical (unpaired) electrons. The molecule has 0 saturated heterocycles. The van der Waals surface area contributed by atoms with E-state index in [1.165, 1.54) is 18.3 Å². The molecule has 22 heavy (non-hydrogen) atoms. The van der Waals surface area contributed by atoms with Crippen LogP contribution in [0, 0.1) is 3.77 Å². The zero-order chi connectivity index (χ0) is 16.1. The van der Waals surface area contributed by atoms with Crippen molar-refractivity contribution in [2.75, 3.05) is 6.61 Å². The fourth-order valence-electron chi connectivity index (χ4n) is 1.38. The lowest BCUT2D eigenvalue weighted by molar-refractivity contribution is -0.123. The second-order valence-corrected chi connectivity index (χ2v) is 6.21. The Morgan fingerprint density at radius 1 is 1.36 bits per heavy atom. The molecule has 5 nitrogen and oxygen atoms in total. The van der Waals surface area contributed by atoms with Crippen LogP contribution < -0.4 is 10.2 Å². The van der Waals surface area contributed by atoms with Gasteiger partial charge in [0.1, 0.15) is 16.5 Å². The van der Waals surface area contributed by atoms with Gasteiger partial charge in [-0.3, -0.25) is 4.79 Å². The summed E-state index contributed by atoms with van der Waals surface area (Å²) in [5.41, 5.74) is 2.29. The SMILES string of the molecule is O=C(COc1cc(Cl)cc(Cl)c1Cl)N/N=C\c1ccc(I)o1. The highest BCUT2D eigenvalue weighted by Crippen LogP contribution is 2.35. The Morgan fingerprint density at radius 3 is 2.82 bits per heavy atom. The summed E-state index contributed by atoms with van der Waals surface area (Å²) in [5, 5.41) is 4.53. The number of furan rings is 1. The Labute approximate surface area is 154 Å². The number of halogens is 4. The molecule has 0 bridgehead atoms. The van der Waals surface area contributed by atoms with Crippen molar-refractivity contribution in [2.45, 2.75) is 0 Å². The van der Waals surface area contributed by atoms with E-state index in [4.69, 9.17) is 44.0 Å². The maximum atomic E-state index is 11.6. The molecule has 116 valence electrons. The molecule has 0 fully saturated rings. The van der Waals surface area contributed by atoms with E-state index in [1.807, 2.05) is 22.6 Å². The van der Waals surface area contributed by atoms with E-state index in [2.05, 4.69) is 10.5 Å². The predicted molar refractivity (Wildman–Crippen MR) is 94.1 cm³/mol. The molecule has 0 aliphatic rings. The van der Waals surface area contributed by atoms with Crippen molar-refractivity contribution in [3.63, 3.8) is 0 Å². The number of nitrogens with zero attached hydrogens (tertiary/aromatic N) is 1. The van der Waals surface area contributed by atoms with E-state index < -0.39 is 5.91 Å². The van der Waals surface area contributed by atoms with Crippen LogP contribution in [0.4, 0.5) is 0 Å². The molecule has 1 N–H and O–H groups in total. The average Bonchev–Trinajstić information content (AvgIpc) is 2.87. The van der Waals surface area contributed by atoms with E-state index >= 15 is 0 Å². The number of ether oxygens (including phenoxy) is 1. The quantitative estimate of drug-likeness (QED) is 0.304. The standard InChI is InChI=1S/C13H8Cl3IN2O3/c14-7-3-9(15)13(16)10(4-7)21-6-12(20)19-18-5-8-1-2-11(17)22-8/h1-5H,6H2,(H,19,20)/b18-5-. The molecule has 2 aromatic rings. The van der Waals surface area contributed by atoms with E-state index in [9.17, 15) is 4.79 Å². The van der Waals surface area contributed by atoms with Gasteiger partial charge in [-0.15, -0.1) is 0 Å². The van der Waals surface area contributed by atoms with E-state index in [1.54, 1.807) is 12.1 Å². The van der Waals surface area contributed by atoms with Gasteiger partial charge >= 0.3 is 0 Å². The molecule has 0 unspecified atom stereocenters. The van der Waals surface area contributed by atoms with Gasteiger partial charge in [-0.25, -0.2) is 5.43 Å². The number of nitrogens with one attached hydrogen (secondary N) is 1. The molecule has 2 rings (SSSR count). The molecule has 9 heteroatoms. The lowest BCUT2D eigenvalue weighted by Gasteiger charge is -2.08. The van der Waals surface area contributed by atoms with Crippen LogP contribution in [0.3, 0.4) is 0 Å². The monoisotopic (exact) mass is 472 g/mol. The van der Waals surface area contributed by atoms with Gasteiger partial charge in [0.15, 0.2) is 10.4 Å². The van der Waals surface area contributed by atoms with Gasteiger partial charge in [0.25, 0.3) is 5.91 Å². The van der Waals surface area contributed by atoms with Crippen LogP contribution in [0.1, 0.15) is 5.76 Å². The number of carbonyl (C=O) groups is 1. The number of benzene rings is 1. The third kappa shape index (κ3) is 5.05. The van der Waals surface area contributed by atoms with Gasteiger partial charge in [0, 0.05) is 11.1 Å². The van der Waals surface area contributed by atoms with Gasteiger partial charge in [-0.2, -0.15) is 5.10 Å². The van der Waals surface area contributed by atoms with Crippen molar-refractivity contribution in [3.05, 3.63) is 48.9 Å². The van der Waals surface area contributed by atoms with Crippen LogP contribution >= 0.6 is 57.4 Å². The molecule has 0 aliphatic carbocycles. The van der Waals surface area contributed by atoms with Crippen molar-refractivity contribution in [3.8, 4) is 5.75 Å². The smallest absolute Gasteiger partial charge is 0.277 e. The number of rotatable bonds is 5. The molecule has 0 saturated carbocycles. The lowest BCUT2D eigenvalue weighted by atomic mass is 10.3. The Hall–Kier alpha value is -0.960. The number of hydrogen-bond acceptors (Lipinski definition) is 4. The van der Waals surface area contributed by atoms with Crippen molar-refractivity contribution in [1.29, 1.82) is 0 Å². The van der Waals surface area contributed by atoms with Crippen molar-refractivity contribution >= 4 is 69.5 Å². The fourth-order valence-corrected chi connectivity index (χ4v) is 2.45. The second-order valence-electron chi connectivity index (χ2n) is 3.92. The van der Waals surface area contributed by atoms with E-state index in [0.29, 0.717) is 10.8 Å². The molecule has 1 heterocycles. The highest BCUT2D eigenvalue weighted by molar-refractivity contribution is 14.1. The Balaban J connectivity index is 1.87. The Kier molecular flexibility index (Phi) is 6.37. The van der Waals surface area contributed by atoms with Crippen LogP contribution in [0.25, 0.3) is 0 Å². The molecule has 0 spiro atoms. The molecular weight excluding hydrogens is 465 g/mol. The summed E-state index contributed by atoms with van der Waals surface area (Å²) in [5.74, 6) is 0.277. The minimum absolute atomic E-state index is 0.188. The summed E-state index contributed by atoms with van der Waals surface area (Å²) in [6.07, 6.45) is 1.38. The zero-order valence-electron chi connectivity index (χ0n) is 10.8. The zero-order valence-corrected chi connectivity index (χ0v) is 15.2. The summed E-state index contributed by atoms with van der Waals surface area (Å²) in [6.45, 7) is -0.288. The molecule has 1 amide bonds. The van der Waals surface area contributed by atoms with Crippen LogP contribution in [-0.2, 0) is 4.79 Å². The maximum Gasteiger partial charge on any atom is 0.277 e. The molecule has 0 atom stereocenters. The van der Waals surface area contributed by atoms with Crippen molar-refractivity contribution in [2.24, 2.45) is 5.10 Å². The lowest BCUT2D eigenvalue weighted by Crippen LogP contribution is -2.24. The number of hydrogen-bond donors (Lipinski definition) is 1. The highest BCUT2D eigenvalue weighted by atomic mass is 127. The highest BCUT2D eigenvalue weighted by Gasteiger charge is 2.10. The topological polar surface area (TPSA) is 63.8 Å². The van der Waals surface area contributed by atoms with Gasteiger partial charge in [-0.05, 0) is 40.8 Å². The largest absolute Gasteiger partial charge is 0.482 e. The van der Waals surface area contributed by atoms with Gasteiger partial charge in [0.2, 0.25) is 0 Å². The molecule has 1 aromatic heterocycles. The summed E-state index contributed by atoms with van der Waals surface area (Å²) < 4.78 is 11.2.